The Morgan fingerprint density at radius 2 is 1.92 bits per heavy atom. The average molecular weight is 572 g/mol. The van der Waals surface area contributed by atoms with E-state index in [-0.39, 0.29) is 11.6 Å². The summed E-state index contributed by atoms with van der Waals surface area (Å²) in [6.45, 7) is 6.13. The van der Waals surface area contributed by atoms with Crippen molar-refractivity contribution in [2.24, 2.45) is 5.92 Å². The third-order valence-electron chi connectivity index (χ3n) is 6.12. The number of ether oxygens (including phenoxy) is 2. The van der Waals surface area contributed by atoms with Crippen LogP contribution in [0.4, 0.5) is 10.2 Å². The summed E-state index contributed by atoms with van der Waals surface area (Å²) < 4.78 is 51.9. The molecule has 1 unspecified atom stereocenters. The number of hydrogen-bond acceptors (Lipinski definition) is 11. The zero-order valence-corrected chi connectivity index (χ0v) is 23.3. The van der Waals surface area contributed by atoms with Crippen molar-refractivity contribution in [1.82, 2.24) is 9.55 Å². The normalized spacial score (nSPS) is 25.7. The molecule has 0 aliphatic carbocycles. The summed E-state index contributed by atoms with van der Waals surface area (Å²) in [4.78, 5) is 28.5. The number of halogens is 1. The van der Waals surface area contributed by atoms with E-state index in [9.17, 15) is 28.8 Å². The molecular weight excluding hydrogens is 536 g/mol. The summed E-state index contributed by atoms with van der Waals surface area (Å²) in [5.74, 6) is -1.46. The fraction of sp³-hybridized carbons (Fsp3) is 0.560. The third kappa shape index (κ3) is 6.85. The average Bonchev–Trinajstić information content (AvgIpc) is 3.10. The van der Waals surface area contributed by atoms with E-state index >= 15 is 0 Å². The quantitative estimate of drug-likeness (QED) is 0.267. The van der Waals surface area contributed by atoms with Crippen LogP contribution in [-0.4, -0.2) is 68.1 Å². The lowest BCUT2D eigenvalue weighted by molar-refractivity contribution is -0.151. The van der Waals surface area contributed by atoms with Crippen LogP contribution in [0.25, 0.3) is 0 Å². The van der Waals surface area contributed by atoms with Crippen LogP contribution in [0.1, 0.15) is 40.8 Å². The maximum atomic E-state index is 14.2. The van der Waals surface area contributed by atoms with E-state index in [0.717, 1.165) is 10.8 Å². The molecule has 216 valence electrons. The fourth-order valence-corrected chi connectivity index (χ4v) is 6.51. The number of esters is 1. The number of nitrogen functional groups attached to an aromatic ring is 1. The summed E-state index contributed by atoms with van der Waals surface area (Å²) in [6.07, 6.45) is -4.85. The summed E-state index contributed by atoms with van der Waals surface area (Å²) >= 11 is 0. The SMILES string of the molecule is CC(C)OC(=O)[C@H](C)C[P@](=O)(Oc1ccccc1)OC(C)(C)[C@H]1O[C@@H](n2ccc(N)nc2=O)C(O)(CF)[C@H]1O. The molecule has 0 amide bonds. The van der Waals surface area contributed by atoms with E-state index in [4.69, 9.17) is 24.3 Å². The molecule has 1 aromatic heterocycles. The second-order valence-electron chi connectivity index (χ2n) is 10.3. The minimum absolute atomic E-state index is 0.108. The van der Waals surface area contributed by atoms with Crippen LogP contribution >= 0.6 is 7.60 Å². The van der Waals surface area contributed by atoms with Gasteiger partial charge < -0.3 is 29.9 Å². The molecule has 12 nitrogen and oxygen atoms in total. The van der Waals surface area contributed by atoms with E-state index in [1.807, 2.05) is 0 Å². The fourth-order valence-electron chi connectivity index (χ4n) is 4.24. The van der Waals surface area contributed by atoms with Crippen LogP contribution in [0.3, 0.4) is 0 Å². The highest BCUT2D eigenvalue weighted by atomic mass is 31.2. The molecule has 2 aromatic rings. The smallest absolute Gasteiger partial charge is 0.380 e. The lowest BCUT2D eigenvalue weighted by Crippen LogP contribution is -2.53. The maximum absolute atomic E-state index is 14.2. The molecule has 0 saturated carbocycles. The predicted molar refractivity (Wildman–Crippen MR) is 139 cm³/mol. The Morgan fingerprint density at radius 1 is 1.28 bits per heavy atom. The Morgan fingerprint density at radius 3 is 2.49 bits per heavy atom. The van der Waals surface area contributed by atoms with Gasteiger partial charge >= 0.3 is 19.3 Å². The Hall–Kier alpha value is -2.83. The summed E-state index contributed by atoms with van der Waals surface area (Å²) in [5, 5.41) is 22.1. The predicted octanol–water partition coefficient (Wildman–Crippen LogP) is 2.44. The van der Waals surface area contributed by atoms with Gasteiger partial charge in [-0.3, -0.25) is 13.9 Å². The van der Waals surface area contributed by atoms with E-state index in [1.54, 1.807) is 44.2 Å². The lowest BCUT2D eigenvalue weighted by atomic mass is 9.88. The van der Waals surface area contributed by atoms with Gasteiger partial charge in [-0.05, 0) is 45.9 Å². The van der Waals surface area contributed by atoms with Crippen LogP contribution < -0.4 is 15.9 Å². The van der Waals surface area contributed by atoms with Gasteiger partial charge in [0.1, 0.15) is 36.1 Å². The number of alkyl halides is 1. The molecule has 6 atom stereocenters. The first-order chi connectivity index (χ1) is 18.1. The number of anilines is 1. The highest BCUT2D eigenvalue weighted by Crippen LogP contribution is 2.55. The number of hydrogen-bond donors (Lipinski definition) is 3. The number of para-hydroxylation sites is 1. The van der Waals surface area contributed by atoms with Gasteiger partial charge in [-0.15, -0.1) is 0 Å². The monoisotopic (exact) mass is 571 g/mol. The molecule has 3 rings (SSSR count). The molecule has 4 N–H and O–H groups in total. The zero-order chi connectivity index (χ0) is 29.2. The highest BCUT2D eigenvalue weighted by molar-refractivity contribution is 7.54. The van der Waals surface area contributed by atoms with E-state index < -0.39 is 73.8 Å². The number of rotatable bonds is 11. The molecule has 14 heteroatoms. The molecule has 39 heavy (non-hydrogen) atoms. The van der Waals surface area contributed by atoms with Gasteiger partial charge in [0, 0.05) is 6.20 Å². The van der Waals surface area contributed by atoms with Gasteiger partial charge in [-0.2, -0.15) is 4.98 Å². The van der Waals surface area contributed by atoms with Gasteiger partial charge in [0.15, 0.2) is 11.8 Å². The van der Waals surface area contributed by atoms with Gasteiger partial charge in [0.25, 0.3) is 0 Å². The van der Waals surface area contributed by atoms with Crippen molar-refractivity contribution in [1.29, 1.82) is 0 Å². The first-order valence-electron chi connectivity index (χ1n) is 12.3. The molecule has 0 spiro atoms. The van der Waals surface area contributed by atoms with E-state index in [2.05, 4.69) is 4.98 Å². The number of aliphatic hydroxyl groups is 2. The van der Waals surface area contributed by atoms with Crippen molar-refractivity contribution in [3.8, 4) is 5.75 Å². The van der Waals surface area contributed by atoms with E-state index in [1.165, 1.54) is 26.8 Å². The van der Waals surface area contributed by atoms with Crippen molar-refractivity contribution in [2.45, 2.75) is 70.4 Å². The van der Waals surface area contributed by atoms with Crippen molar-refractivity contribution in [3.63, 3.8) is 0 Å². The number of nitrogens with zero attached hydrogens (tertiary/aromatic N) is 2. The molecule has 1 fully saturated rings. The molecule has 2 heterocycles. The first kappa shape index (κ1) is 30.7. The first-order valence-corrected chi connectivity index (χ1v) is 14.1. The van der Waals surface area contributed by atoms with Crippen LogP contribution in [0.2, 0.25) is 0 Å². The highest BCUT2D eigenvalue weighted by Gasteiger charge is 2.62. The lowest BCUT2D eigenvalue weighted by Gasteiger charge is -2.36. The summed E-state index contributed by atoms with van der Waals surface area (Å²) in [7, 11) is -4.22. The Labute approximate surface area is 225 Å². The largest absolute Gasteiger partial charge is 0.463 e. The van der Waals surface area contributed by atoms with Gasteiger partial charge in [-0.25, -0.2) is 13.8 Å². The molecular formula is C25H35FN3O9P. The third-order valence-corrected chi connectivity index (χ3v) is 8.35. The van der Waals surface area contributed by atoms with Gasteiger partial charge in [0.2, 0.25) is 0 Å². The van der Waals surface area contributed by atoms with E-state index in [0.29, 0.717) is 0 Å². The Bertz CT molecular complexity index is 1260. The Kier molecular flexibility index (Phi) is 9.24. The number of carbonyl (C=O) groups excluding carboxylic acids is 1. The van der Waals surface area contributed by atoms with Crippen LogP contribution in [0.15, 0.2) is 47.4 Å². The number of benzene rings is 1. The molecule has 1 saturated heterocycles. The molecule has 1 aliphatic rings. The van der Waals surface area contributed by atoms with Gasteiger partial charge in [0.05, 0.1) is 18.2 Å². The van der Waals surface area contributed by atoms with Crippen LogP contribution in [0, 0.1) is 5.92 Å². The number of aliphatic hydroxyl groups excluding tert-OH is 1. The topological polar surface area (TPSA) is 172 Å². The van der Waals surface area contributed by atoms with Crippen LogP contribution in [0.5, 0.6) is 5.75 Å². The van der Waals surface area contributed by atoms with Crippen molar-refractivity contribution in [3.05, 3.63) is 53.1 Å². The molecule has 1 aromatic carbocycles. The maximum Gasteiger partial charge on any atom is 0.380 e. The Balaban J connectivity index is 1.95. The zero-order valence-electron chi connectivity index (χ0n) is 22.4. The summed E-state index contributed by atoms with van der Waals surface area (Å²) in [5.41, 5.74) is 0.265. The van der Waals surface area contributed by atoms with Crippen molar-refractivity contribution >= 4 is 19.4 Å². The minimum Gasteiger partial charge on any atom is -0.463 e. The number of aromatic nitrogens is 2. The second-order valence-corrected chi connectivity index (χ2v) is 12.3. The summed E-state index contributed by atoms with van der Waals surface area (Å²) in [6, 6.07) is 9.34. The standard InChI is InChI=1S/C25H35FN3O9P/c1-15(2)35-21(31)16(3)13-39(34,37-17-9-7-6-8-10-17)38-24(4,5)20-19(30)25(33,14-26)22(36-20)29-12-11-18(27)28-23(29)32/h6-12,15-16,19-20,22,30,33H,13-14H2,1-5H3,(H2,27,28,32)/t16-,19+,20+,22-,25?,39+/m1/s1. The van der Waals surface area contributed by atoms with Crippen molar-refractivity contribution < 1.29 is 42.5 Å². The van der Waals surface area contributed by atoms with Crippen LogP contribution in [-0.2, 0) is 23.4 Å². The molecule has 1 aliphatic heterocycles. The van der Waals surface area contributed by atoms with Crippen molar-refractivity contribution in [2.75, 3.05) is 18.6 Å². The molecule has 0 radical (unpaired) electrons. The second kappa shape index (κ2) is 11.7. The van der Waals surface area contributed by atoms with Gasteiger partial charge in [-0.1, -0.05) is 25.1 Å². The minimum atomic E-state index is -4.22. The number of nitrogens with two attached hydrogens (primary N) is 1. The number of carbonyl (C=O) groups is 1. The molecule has 0 bridgehead atoms.